The van der Waals surface area contributed by atoms with Crippen LogP contribution in [0.5, 0.6) is 0 Å². The SMILES string of the molecule is COC(=O)C(N)Cc1ccc(Br)c2ncc(F)cc12. The van der Waals surface area contributed by atoms with Crippen molar-refractivity contribution in [3.8, 4) is 0 Å². The molecule has 0 radical (unpaired) electrons. The molecule has 0 bridgehead atoms. The van der Waals surface area contributed by atoms with Crippen molar-refractivity contribution in [2.24, 2.45) is 5.73 Å². The van der Waals surface area contributed by atoms with E-state index in [4.69, 9.17) is 5.73 Å². The number of halogens is 2. The molecule has 1 atom stereocenters. The van der Waals surface area contributed by atoms with E-state index in [9.17, 15) is 9.18 Å². The summed E-state index contributed by atoms with van der Waals surface area (Å²) in [4.78, 5) is 15.4. The Kier molecular flexibility index (Phi) is 4.11. The third-order valence-electron chi connectivity index (χ3n) is 2.80. The van der Waals surface area contributed by atoms with E-state index < -0.39 is 17.8 Å². The summed E-state index contributed by atoms with van der Waals surface area (Å²) >= 11 is 3.36. The van der Waals surface area contributed by atoms with Gasteiger partial charge in [-0.1, -0.05) is 6.07 Å². The van der Waals surface area contributed by atoms with Crippen LogP contribution < -0.4 is 5.73 Å². The van der Waals surface area contributed by atoms with Gasteiger partial charge in [0.25, 0.3) is 0 Å². The van der Waals surface area contributed by atoms with E-state index in [1.54, 1.807) is 12.1 Å². The second-order valence-corrected chi connectivity index (χ2v) is 4.94. The van der Waals surface area contributed by atoms with Crippen molar-refractivity contribution in [1.82, 2.24) is 4.98 Å². The minimum absolute atomic E-state index is 0.265. The molecule has 6 heteroatoms. The molecular weight excluding hydrogens is 315 g/mol. The van der Waals surface area contributed by atoms with Gasteiger partial charge >= 0.3 is 5.97 Å². The van der Waals surface area contributed by atoms with Crippen molar-refractivity contribution in [3.63, 3.8) is 0 Å². The number of fused-ring (bicyclic) bond motifs is 1. The highest BCUT2D eigenvalue weighted by Gasteiger charge is 2.16. The van der Waals surface area contributed by atoms with Crippen LogP contribution >= 0.6 is 15.9 Å². The topological polar surface area (TPSA) is 65.2 Å². The predicted molar refractivity (Wildman–Crippen MR) is 73.1 cm³/mol. The number of hydrogen-bond donors (Lipinski definition) is 1. The molecule has 0 amide bonds. The fraction of sp³-hybridized carbons (Fsp3) is 0.231. The molecule has 0 fully saturated rings. The van der Waals surface area contributed by atoms with E-state index >= 15 is 0 Å². The standard InChI is InChI=1S/C13H12BrFN2O2/c1-19-13(18)11(16)4-7-2-3-10(14)12-9(7)5-8(15)6-17-12/h2-3,5-6,11H,4,16H2,1H3. The minimum atomic E-state index is -0.780. The van der Waals surface area contributed by atoms with Crippen molar-refractivity contribution in [2.75, 3.05) is 7.11 Å². The lowest BCUT2D eigenvalue weighted by molar-refractivity contribution is -0.142. The van der Waals surface area contributed by atoms with Crippen LogP contribution in [0.1, 0.15) is 5.56 Å². The second kappa shape index (κ2) is 5.63. The molecular formula is C13H12BrFN2O2. The van der Waals surface area contributed by atoms with Gasteiger partial charge in [0.15, 0.2) is 0 Å². The third-order valence-corrected chi connectivity index (χ3v) is 3.44. The molecule has 2 N–H and O–H groups in total. The second-order valence-electron chi connectivity index (χ2n) is 4.09. The number of aromatic nitrogens is 1. The Bertz CT molecular complexity index is 633. The van der Waals surface area contributed by atoms with Crippen LogP contribution in [-0.2, 0) is 16.0 Å². The summed E-state index contributed by atoms with van der Waals surface area (Å²) < 4.78 is 18.7. The van der Waals surface area contributed by atoms with E-state index in [-0.39, 0.29) is 6.42 Å². The number of esters is 1. The molecule has 100 valence electrons. The van der Waals surface area contributed by atoms with Crippen LogP contribution in [-0.4, -0.2) is 24.1 Å². The van der Waals surface area contributed by atoms with Gasteiger partial charge in [-0.3, -0.25) is 9.78 Å². The van der Waals surface area contributed by atoms with Gasteiger partial charge in [-0.05, 0) is 40.0 Å². The third kappa shape index (κ3) is 2.90. The summed E-state index contributed by atoms with van der Waals surface area (Å²) in [5, 5.41) is 0.633. The summed E-state index contributed by atoms with van der Waals surface area (Å²) in [6.07, 6.45) is 1.42. The van der Waals surface area contributed by atoms with Crippen LogP contribution in [0.4, 0.5) is 4.39 Å². The van der Waals surface area contributed by atoms with Crippen LogP contribution in [0.25, 0.3) is 10.9 Å². The molecule has 1 unspecified atom stereocenters. The first-order chi connectivity index (χ1) is 9.02. The zero-order valence-corrected chi connectivity index (χ0v) is 11.8. The zero-order chi connectivity index (χ0) is 14.0. The van der Waals surface area contributed by atoms with E-state index in [0.29, 0.717) is 10.9 Å². The molecule has 1 heterocycles. The number of benzene rings is 1. The van der Waals surface area contributed by atoms with Crippen molar-refractivity contribution < 1.29 is 13.9 Å². The van der Waals surface area contributed by atoms with E-state index in [2.05, 4.69) is 25.7 Å². The summed E-state index contributed by atoms with van der Waals surface area (Å²) in [5.74, 6) is -0.932. The zero-order valence-electron chi connectivity index (χ0n) is 10.2. The number of nitrogens with two attached hydrogens (primary N) is 1. The highest BCUT2D eigenvalue weighted by Crippen LogP contribution is 2.26. The van der Waals surface area contributed by atoms with Gasteiger partial charge in [-0.2, -0.15) is 0 Å². The Morgan fingerprint density at radius 3 is 3.00 bits per heavy atom. The number of rotatable bonds is 3. The lowest BCUT2D eigenvalue weighted by Gasteiger charge is -2.12. The maximum Gasteiger partial charge on any atom is 0.322 e. The van der Waals surface area contributed by atoms with Crippen molar-refractivity contribution >= 4 is 32.8 Å². The maximum atomic E-state index is 13.3. The number of methoxy groups -OCH3 is 1. The van der Waals surface area contributed by atoms with E-state index in [0.717, 1.165) is 16.2 Å². The fourth-order valence-corrected chi connectivity index (χ4v) is 2.31. The molecule has 1 aromatic carbocycles. The summed E-state index contributed by atoms with van der Waals surface area (Å²) in [5.41, 5.74) is 7.11. The quantitative estimate of drug-likeness (QED) is 0.878. The summed E-state index contributed by atoms with van der Waals surface area (Å²) in [6, 6.07) is 4.19. The Labute approximate surface area is 117 Å². The molecule has 0 saturated heterocycles. The number of ether oxygens (including phenoxy) is 1. The molecule has 19 heavy (non-hydrogen) atoms. The molecule has 0 saturated carbocycles. The monoisotopic (exact) mass is 326 g/mol. The van der Waals surface area contributed by atoms with Gasteiger partial charge < -0.3 is 10.5 Å². The Morgan fingerprint density at radius 1 is 1.58 bits per heavy atom. The number of carbonyl (C=O) groups is 1. The summed E-state index contributed by atoms with van der Waals surface area (Å²) in [7, 11) is 1.28. The molecule has 0 spiro atoms. The van der Waals surface area contributed by atoms with Gasteiger partial charge in [0.2, 0.25) is 0 Å². The number of carbonyl (C=O) groups excluding carboxylic acids is 1. The molecule has 4 nitrogen and oxygen atoms in total. The first-order valence-electron chi connectivity index (χ1n) is 5.59. The van der Waals surface area contributed by atoms with Gasteiger partial charge in [0.05, 0.1) is 18.8 Å². The molecule has 2 rings (SSSR count). The van der Waals surface area contributed by atoms with E-state index in [1.165, 1.54) is 13.2 Å². The maximum absolute atomic E-state index is 13.3. The lowest BCUT2D eigenvalue weighted by Crippen LogP contribution is -2.33. The normalized spacial score (nSPS) is 12.4. The van der Waals surface area contributed by atoms with Crippen LogP contribution in [0.3, 0.4) is 0 Å². The predicted octanol–water partition coefficient (Wildman–Crippen LogP) is 2.18. The molecule has 2 aromatic rings. The highest BCUT2D eigenvalue weighted by atomic mass is 79.9. The smallest absolute Gasteiger partial charge is 0.322 e. The number of hydrogen-bond acceptors (Lipinski definition) is 4. The molecule has 0 aliphatic carbocycles. The van der Waals surface area contributed by atoms with Crippen LogP contribution in [0.2, 0.25) is 0 Å². The molecule has 0 aliphatic heterocycles. The van der Waals surface area contributed by atoms with Gasteiger partial charge in [-0.25, -0.2) is 4.39 Å². The van der Waals surface area contributed by atoms with Crippen molar-refractivity contribution in [2.45, 2.75) is 12.5 Å². The average Bonchev–Trinajstić information content (AvgIpc) is 2.40. The Hall–Kier alpha value is -1.53. The van der Waals surface area contributed by atoms with Crippen molar-refractivity contribution in [1.29, 1.82) is 0 Å². The average molecular weight is 327 g/mol. The largest absolute Gasteiger partial charge is 0.468 e. The van der Waals surface area contributed by atoms with Crippen LogP contribution in [0, 0.1) is 5.82 Å². The van der Waals surface area contributed by atoms with Gasteiger partial charge in [0, 0.05) is 9.86 Å². The number of pyridine rings is 1. The lowest BCUT2D eigenvalue weighted by atomic mass is 10.0. The van der Waals surface area contributed by atoms with Gasteiger partial charge in [0.1, 0.15) is 11.9 Å². The summed E-state index contributed by atoms with van der Waals surface area (Å²) in [6.45, 7) is 0. The Morgan fingerprint density at radius 2 is 2.32 bits per heavy atom. The van der Waals surface area contributed by atoms with Crippen molar-refractivity contribution in [3.05, 3.63) is 40.2 Å². The minimum Gasteiger partial charge on any atom is -0.468 e. The molecule has 1 aromatic heterocycles. The van der Waals surface area contributed by atoms with Gasteiger partial charge in [-0.15, -0.1) is 0 Å². The first kappa shape index (κ1) is 13.9. The fourth-order valence-electron chi connectivity index (χ4n) is 1.87. The first-order valence-corrected chi connectivity index (χ1v) is 6.38. The van der Waals surface area contributed by atoms with E-state index in [1.807, 2.05) is 0 Å². The number of nitrogens with zero attached hydrogens (tertiary/aromatic N) is 1. The van der Waals surface area contributed by atoms with Crippen LogP contribution in [0.15, 0.2) is 28.9 Å². The highest BCUT2D eigenvalue weighted by molar-refractivity contribution is 9.10. The molecule has 0 aliphatic rings. The Balaban J connectivity index is 2.46.